The second kappa shape index (κ2) is 5.13. The first kappa shape index (κ1) is 12.3. The molecule has 20 heavy (non-hydrogen) atoms. The molecule has 3 N–H and O–H groups in total. The summed E-state index contributed by atoms with van der Waals surface area (Å²) in [5.41, 5.74) is 1.69. The lowest BCUT2D eigenvalue weighted by Gasteiger charge is -2.05. The van der Waals surface area contributed by atoms with Gasteiger partial charge in [0.15, 0.2) is 0 Å². The van der Waals surface area contributed by atoms with Crippen molar-refractivity contribution < 1.29 is 14.3 Å². The average Bonchev–Trinajstić information content (AvgIpc) is 3.04. The molecule has 0 fully saturated rings. The average molecular weight is 270 g/mol. The summed E-state index contributed by atoms with van der Waals surface area (Å²) in [6.45, 7) is 0.506. The number of nitrogens with one attached hydrogen (secondary N) is 2. The maximum atomic E-state index is 11.0. The summed E-state index contributed by atoms with van der Waals surface area (Å²) in [5.74, 6) is 0.672. The molecule has 0 saturated carbocycles. The Morgan fingerprint density at radius 2 is 2.10 bits per heavy atom. The monoisotopic (exact) mass is 270 g/mol. The number of H-pyrrole nitrogens is 1. The predicted molar refractivity (Wildman–Crippen MR) is 75.7 cm³/mol. The van der Waals surface area contributed by atoms with Gasteiger partial charge in [-0.15, -0.1) is 0 Å². The molecule has 0 spiro atoms. The third kappa shape index (κ3) is 2.38. The van der Waals surface area contributed by atoms with Gasteiger partial charge in [0.05, 0.1) is 19.2 Å². The molecule has 0 atom stereocenters. The second-order valence-electron chi connectivity index (χ2n) is 4.53. The van der Waals surface area contributed by atoms with Crippen LogP contribution >= 0.6 is 0 Å². The summed E-state index contributed by atoms with van der Waals surface area (Å²) in [7, 11) is 0. The van der Waals surface area contributed by atoms with Crippen molar-refractivity contribution >= 4 is 22.7 Å². The number of carboxylic acid groups (broad SMARTS) is 1. The second-order valence-corrected chi connectivity index (χ2v) is 4.53. The van der Waals surface area contributed by atoms with Gasteiger partial charge in [0.25, 0.3) is 0 Å². The molecule has 3 rings (SSSR count). The van der Waals surface area contributed by atoms with E-state index in [4.69, 9.17) is 9.52 Å². The van der Waals surface area contributed by atoms with E-state index in [2.05, 4.69) is 10.3 Å². The number of hydrogen-bond donors (Lipinski definition) is 3. The van der Waals surface area contributed by atoms with Crippen molar-refractivity contribution in [2.45, 2.75) is 13.0 Å². The first-order valence-corrected chi connectivity index (χ1v) is 6.31. The molecule has 2 aromatic heterocycles. The van der Waals surface area contributed by atoms with Crippen LogP contribution in [0.25, 0.3) is 10.9 Å². The fraction of sp³-hybridized carbons (Fsp3) is 0.133. The summed E-state index contributed by atoms with van der Waals surface area (Å²) >= 11 is 0. The quantitative estimate of drug-likeness (QED) is 0.666. The van der Waals surface area contributed by atoms with Crippen LogP contribution in [0.2, 0.25) is 0 Å². The van der Waals surface area contributed by atoms with Gasteiger partial charge in [-0.05, 0) is 18.2 Å². The largest absolute Gasteiger partial charge is 0.481 e. The Labute approximate surface area is 115 Å². The van der Waals surface area contributed by atoms with Gasteiger partial charge in [-0.25, -0.2) is 0 Å². The molecular weight excluding hydrogens is 256 g/mol. The van der Waals surface area contributed by atoms with Gasteiger partial charge in [-0.3, -0.25) is 4.79 Å². The number of carbonyl (C=O) groups is 1. The van der Waals surface area contributed by atoms with E-state index in [1.54, 1.807) is 6.26 Å². The van der Waals surface area contributed by atoms with E-state index in [9.17, 15) is 4.79 Å². The lowest BCUT2D eigenvalue weighted by atomic mass is 10.1. The SMILES string of the molecule is O=C(O)Cc1c(NCc2ccco2)[nH]c2ccccc12. The minimum Gasteiger partial charge on any atom is -0.481 e. The predicted octanol–water partition coefficient (Wildman–Crippen LogP) is 3.00. The fourth-order valence-corrected chi connectivity index (χ4v) is 2.27. The molecule has 0 radical (unpaired) electrons. The van der Waals surface area contributed by atoms with Crippen LogP contribution in [-0.4, -0.2) is 16.1 Å². The van der Waals surface area contributed by atoms with E-state index in [0.717, 1.165) is 28.0 Å². The highest BCUT2D eigenvalue weighted by atomic mass is 16.4. The number of aromatic amines is 1. The number of hydrogen-bond acceptors (Lipinski definition) is 3. The lowest BCUT2D eigenvalue weighted by molar-refractivity contribution is -0.136. The maximum Gasteiger partial charge on any atom is 0.307 e. The van der Waals surface area contributed by atoms with E-state index in [0.29, 0.717) is 6.54 Å². The highest BCUT2D eigenvalue weighted by molar-refractivity contribution is 5.92. The topological polar surface area (TPSA) is 78.3 Å². The van der Waals surface area contributed by atoms with Crippen LogP contribution in [0, 0.1) is 0 Å². The van der Waals surface area contributed by atoms with Crippen LogP contribution < -0.4 is 5.32 Å². The zero-order chi connectivity index (χ0) is 13.9. The van der Waals surface area contributed by atoms with Crippen LogP contribution in [-0.2, 0) is 17.8 Å². The van der Waals surface area contributed by atoms with Gasteiger partial charge in [0.1, 0.15) is 11.6 Å². The molecule has 2 heterocycles. The van der Waals surface area contributed by atoms with Gasteiger partial charge >= 0.3 is 5.97 Å². The molecule has 0 saturated heterocycles. The Kier molecular flexibility index (Phi) is 3.16. The Morgan fingerprint density at radius 1 is 1.25 bits per heavy atom. The summed E-state index contributed by atoms with van der Waals surface area (Å²) < 4.78 is 5.26. The van der Waals surface area contributed by atoms with Crippen LogP contribution in [0.4, 0.5) is 5.82 Å². The summed E-state index contributed by atoms with van der Waals surface area (Å²) in [4.78, 5) is 14.3. The Morgan fingerprint density at radius 3 is 2.85 bits per heavy atom. The molecule has 0 aliphatic rings. The van der Waals surface area contributed by atoms with Crippen molar-refractivity contribution in [2.75, 3.05) is 5.32 Å². The Balaban J connectivity index is 1.93. The molecule has 0 aliphatic carbocycles. The van der Waals surface area contributed by atoms with Crippen molar-refractivity contribution in [2.24, 2.45) is 0 Å². The first-order valence-electron chi connectivity index (χ1n) is 6.31. The molecule has 102 valence electrons. The number of rotatable bonds is 5. The third-order valence-electron chi connectivity index (χ3n) is 3.16. The summed E-state index contributed by atoms with van der Waals surface area (Å²) in [6.07, 6.45) is 1.59. The number of furan rings is 1. The van der Waals surface area contributed by atoms with Crippen LogP contribution in [0.3, 0.4) is 0 Å². The first-order chi connectivity index (χ1) is 9.74. The Bertz CT molecular complexity index is 729. The molecule has 0 unspecified atom stereocenters. The number of fused-ring (bicyclic) bond motifs is 1. The van der Waals surface area contributed by atoms with E-state index >= 15 is 0 Å². The zero-order valence-corrected chi connectivity index (χ0v) is 10.7. The molecule has 0 aliphatic heterocycles. The van der Waals surface area contributed by atoms with Crippen molar-refractivity contribution in [3.8, 4) is 0 Å². The van der Waals surface area contributed by atoms with Gasteiger partial charge in [0.2, 0.25) is 0 Å². The third-order valence-corrected chi connectivity index (χ3v) is 3.16. The van der Waals surface area contributed by atoms with Gasteiger partial charge in [0, 0.05) is 16.5 Å². The standard InChI is InChI=1S/C15H14N2O3/c18-14(19)8-12-11-5-1-2-6-13(11)17-15(12)16-9-10-4-3-7-20-10/h1-7,16-17H,8-9H2,(H,18,19). The van der Waals surface area contributed by atoms with Gasteiger partial charge in [-0.1, -0.05) is 18.2 Å². The number of benzene rings is 1. The maximum absolute atomic E-state index is 11.0. The number of carboxylic acids is 1. The molecule has 5 heteroatoms. The summed E-state index contributed by atoms with van der Waals surface area (Å²) in [6, 6.07) is 11.4. The van der Waals surface area contributed by atoms with Crippen molar-refractivity contribution in [1.82, 2.24) is 4.98 Å². The smallest absolute Gasteiger partial charge is 0.307 e. The molecular formula is C15H14N2O3. The van der Waals surface area contributed by atoms with E-state index < -0.39 is 5.97 Å². The van der Waals surface area contributed by atoms with E-state index in [1.807, 2.05) is 36.4 Å². The minimum atomic E-state index is -0.851. The normalized spacial score (nSPS) is 10.8. The van der Waals surface area contributed by atoms with Gasteiger partial charge in [-0.2, -0.15) is 0 Å². The molecule has 1 aromatic carbocycles. The number of para-hydroxylation sites is 1. The summed E-state index contributed by atoms with van der Waals surface area (Å²) in [5, 5.41) is 13.2. The highest BCUT2D eigenvalue weighted by Crippen LogP contribution is 2.27. The number of anilines is 1. The minimum absolute atomic E-state index is 0.0233. The Hall–Kier alpha value is -2.69. The molecule has 0 amide bonds. The van der Waals surface area contributed by atoms with E-state index in [-0.39, 0.29) is 6.42 Å². The number of aromatic nitrogens is 1. The van der Waals surface area contributed by atoms with Crippen molar-refractivity contribution in [3.63, 3.8) is 0 Å². The van der Waals surface area contributed by atoms with Crippen molar-refractivity contribution in [3.05, 3.63) is 54.0 Å². The van der Waals surface area contributed by atoms with Crippen LogP contribution in [0.5, 0.6) is 0 Å². The van der Waals surface area contributed by atoms with Crippen LogP contribution in [0.1, 0.15) is 11.3 Å². The lowest BCUT2D eigenvalue weighted by Crippen LogP contribution is -2.05. The zero-order valence-electron chi connectivity index (χ0n) is 10.7. The van der Waals surface area contributed by atoms with Crippen molar-refractivity contribution in [1.29, 1.82) is 0 Å². The van der Waals surface area contributed by atoms with Crippen LogP contribution in [0.15, 0.2) is 47.1 Å². The molecule has 5 nitrogen and oxygen atoms in total. The molecule has 3 aromatic rings. The highest BCUT2D eigenvalue weighted by Gasteiger charge is 2.14. The van der Waals surface area contributed by atoms with Gasteiger partial charge < -0.3 is 19.8 Å². The van der Waals surface area contributed by atoms with E-state index in [1.165, 1.54) is 0 Å². The fourth-order valence-electron chi connectivity index (χ4n) is 2.27. The number of aliphatic carboxylic acids is 1. The molecule has 0 bridgehead atoms.